The summed E-state index contributed by atoms with van der Waals surface area (Å²) in [4.78, 5) is 14.1. The first-order valence-electron chi connectivity index (χ1n) is 9.01. The smallest absolute Gasteiger partial charge is 0.274 e. The Bertz CT molecular complexity index is 667. The van der Waals surface area contributed by atoms with E-state index < -0.39 is 5.91 Å². The second kappa shape index (κ2) is 9.02. The van der Waals surface area contributed by atoms with Crippen molar-refractivity contribution in [2.45, 2.75) is 51.0 Å². The lowest BCUT2D eigenvalue weighted by molar-refractivity contribution is 0.0706. The number of carbonyl (C=O) groups excluding carboxylic acids is 1. The summed E-state index contributed by atoms with van der Waals surface area (Å²) in [5, 5.41) is 8.73. The molecule has 2 rings (SSSR count). The van der Waals surface area contributed by atoms with Crippen LogP contribution < -0.4 is 5.48 Å². The lowest BCUT2D eigenvalue weighted by atomic mass is 9.68. The van der Waals surface area contributed by atoms with E-state index in [-0.39, 0.29) is 23.1 Å². The highest BCUT2D eigenvalue weighted by Gasteiger charge is 2.34. The molecule has 144 valence electrons. The highest BCUT2D eigenvalue weighted by atomic mass is 32.2. The molecule has 1 aromatic rings. The second-order valence-electron chi connectivity index (χ2n) is 7.93. The van der Waals surface area contributed by atoms with Crippen molar-refractivity contribution in [1.82, 2.24) is 10.4 Å². The maximum Gasteiger partial charge on any atom is 0.274 e. The third kappa shape index (κ3) is 5.32. The van der Waals surface area contributed by atoms with Gasteiger partial charge in [-0.2, -0.15) is 3.89 Å². The zero-order valence-corrected chi connectivity index (χ0v) is 16.7. The summed E-state index contributed by atoms with van der Waals surface area (Å²) in [5.41, 5.74) is 4.16. The quantitative estimate of drug-likeness (QED) is 0.398. The summed E-state index contributed by atoms with van der Waals surface area (Å²) in [5.74, 6) is 0.0573. The summed E-state index contributed by atoms with van der Waals surface area (Å²) in [7, 11) is 2.05. The Morgan fingerprint density at radius 1 is 1.54 bits per heavy atom. The molecule has 0 heterocycles. The van der Waals surface area contributed by atoms with Gasteiger partial charge >= 0.3 is 0 Å². The molecule has 1 aliphatic rings. The number of nitrogens with zero attached hydrogens (tertiary/aromatic N) is 1. The third-order valence-corrected chi connectivity index (χ3v) is 5.77. The van der Waals surface area contributed by atoms with Crippen molar-refractivity contribution >= 4 is 18.1 Å². The molecule has 1 aliphatic carbocycles. The van der Waals surface area contributed by atoms with Crippen LogP contribution in [0.5, 0.6) is 0 Å². The number of hydrogen-bond donors (Lipinski definition) is 2. The van der Waals surface area contributed by atoms with Crippen molar-refractivity contribution in [3.05, 3.63) is 41.5 Å². The molecular weight excluding hydrogens is 351 g/mol. The number of allylic oxidation sites excluding steroid dienone is 1. The van der Waals surface area contributed by atoms with Crippen molar-refractivity contribution < 1.29 is 13.9 Å². The average molecular weight is 381 g/mol. The summed E-state index contributed by atoms with van der Waals surface area (Å²) in [6.07, 6.45) is 4.53. The molecule has 0 aliphatic heterocycles. The zero-order valence-electron chi connectivity index (χ0n) is 15.8. The Morgan fingerprint density at radius 2 is 2.27 bits per heavy atom. The Balaban J connectivity index is 2.08. The Hall–Kier alpha value is -1.37. The van der Waals surface area contributed by atoms with E-state index in [0.29, 0.717) is 17.4 Å². The topological polar surface area (TPSA) is 52.6 Å². The minimum Gasteiger partial charge on any atom is -0.302 e. The van der Waals surface area contributed by atoms with Gasteiger partial charge in [0.05, 0.1) is 12.1 Å². The van der Waals surface area contributed by atoms with Crippen LogP contribution in [0.1, 0.15) is 55.5 Å². The lowest BCUT2D eigenvalue weighted by Crippen LogP contribution is -2.37. The number of benzene rings is 1. The van der Waals surface area contributed by atoms with Crippen LogP contribution in [0, 0.1) is 11.3 Å². The fourth-order valence-corrected chi connectivity index (χ4v) is 4.70. The van der Waals surface area contributed by atoms with Crippen molar-refractivity contribution in [1.29, 1.82) is 0 Å². The van der Waals surface area contributed by atoms with E-state index in [9.17, 15) is 8.68 Å². The van der Waals surface area contributed by atoms with Crippen LogP contribution in [0.3, 0.4) is 0 Å². The zero-order chi connectivity index (χ0) is 19.3. The monoisotopic (exact) mass is 380 g/mol. The van der Waals surface area contributed by atoms with Crippen molar-refractivity contribution in [3.63, 3.8) is 0 Å². The normalized spacial score (nSPS) is 23.3. The fourth-order valence-electron chi connectivity index (χ4n) is 4.30. The van der Waals surface area contributed by atoms with E-state index in [1.165, 1.54) is 24.5 Å². The molecule has 0 saturated heterocycles. The summed E-state index contributed by atoms with van der Waals surface area (Å²) < 4.78 is 13.4. The van der Waals surface area contributed by atoms with Gasteiger partial charge in [-0.3, -0.25) is 10.0 Å². The van der Waals surface area contributed by atoms with Crippen LogP contribution in [0.25, 0.3) is 0 Å². The number of hydroxylamine groups is 1. The van der Waals surface area contributed by atoms with Crippen LogP contribution in [0.15, 0.2) is 35.2 Å². The number of carbonyl (C=O) groups is 1. The minimum atomic E-state index is -0.640. The van der Waals surface area contributed by atoms with Crippen LogP contribution in [-0.2, 0) is 6.54 Å². The predicted molar refractivity (Wildman–Crippen MR) is 104 cm³/mol. The largest absolute Gasteiger partial charge is 0.302 e. The molecule has 2 N–H and O–H groups in total. The number of rotatable bonds is 7. The number of hydrogen-bond acceptors (Lipinski definition) is 4. The molecule has 0 spiro atoms. The first-order valence-corrected chi connectivity index (χ1v) is 9.73. The van der Waals surface area contributed by atoms with Crippen molar-refractivity contribution in [2.75, 3.05) is 13.6 Å². The van der Waals surface area contributed by atoms with Crippen LogP contribution in [-0.4, -0.2) is 29.6 Å². The van der Waals surface area contributed by atoms with Gasteiger partial charge in [0, 0.05) is 23.5 Å². The number of amides is 1. The number of halogens is 1. The molecule has 0 radical (unpaired) electrons. The highest BCUT2D eigenvalue weighted by molar-refractivity contribution is 7.94. The first kappa shape index (κ1) is 20.9. The summed E-state index contributed by atoms with van der Waals surface area (Å²) in [6.45, 7) is 10.3. The summed E-state index contributed by atoms with van der Waals surface area (Å²) in [6, 6.07) is 4.82. The average Bonchev–Trinajstić information content (AvgIpc) is 2.59. The maximum absolute atomic E-state index is 13.4. The standard InChI is InChI=1S/C20H29FN2O2S/c1-5-15-8-14(2)10-20(3,11-15)13-23(4)12-17-7-6-16(19(24)22-25)9-18(17)26-21/h6-7,9,15,25H,2,5,8,10-13H2,1,3-4H3,(H,22,24). The Morgan fingerprint density at radius 3 is 2.88 bits per heavy atom. The lowest BCUT2D eigenvalue weighted by Gasteiger charge is -2.41. The fraction of sp³-hybridized carbons (Fsp3) is 0.550. The predicted octanol–water partition coefficient (Wildman–Crippen LogP) is 4.99. The van der Waals surface area contributed by atoms with Gasteiger partial charge in [0.25, 0.3) is 5.91 Å². The molecule has 0 bridgehead atoms. The van der Waals surface area contributed by atoms with Gasteiger partial charge in [0.15, 0.2) is 0 Å². The second-order valence-corrected chi connectivity index (χ2v) is 8.53. The SMILES string of the molecule is C=C1CC(CC)CC(C)(CN(C)Cc2ccc(C(=O)NO)cc2SF)C1. The minimum absolute atomic E-state index is 0.127. The third-order valence-electron chi connectivity index (χ3n) is 5.22. The van der Waals surface area contributed by atoms with E-state index in [0.717, 1.165) is 24.9 Å². The molecule has 1 fully saturated rings. The van der Waals surface area contributed by atoms with Gasteiger partial charge < -0.3 is 4.90 Å². The highest BCUT2D eigenvalue weighted by Crippen LogP contribution is 2.43. The van der Waals surface area contributed by atoms with E-state index in [1.54, 1.807) is 17.6 Å². The molecule has 2 atom stereocenters. The van der Waals surface area contributed by atoms with Gasteiger partial charge in [0.1, 0.15) is 0 Å². The molecule has 6 heteroatoms. The summed E-state index contributed by atoms with van der Waals surface area (Å²) >= 11 is 0.127. The van der Waals surface area contributed by atoms with E-state index in [4.69, 9.17) is 5.21 Å². The van der Waals surface area contributed by atoms with Gasteiger partial charge in [-0.1, -0.05) is 38.5 Å². The molecule has 0 aromatic heterocycles. The molecule has 26 heavy (non-hydrogen) atoms. The first-order chi connectivity index (χ1) is 12.3. The molecule has 1 aromatic carbocycles. The van der Waals surface area contributed by atoms with Gasteiger partial charge in [-0.05, 0) is 55.3 Å². The van der Waals surface area contributed by atoms with Gasteiger partial charge in [-0.25, -0.2) is 5.48 Å². The Labute approximate surface area is 160 Å². The Kier molecular flexibility index (Phi) is 7.26. The molecule has 4 nitrogen and oxygen atoms in total. The maximum atomic E-state index is 13.4. The van der Waals surface area contributed by atoms with Crippen molar-refractivity contribution in [3.8, 4) is 0 Å². The van der Waals surface area contributed by atoms with Crippen molar-refractivity contribution in [2.24, 2.45) is 11.3 Å². The number of nitrogens with one attached hydrogen (secondary N) is 1. The van der Waals surface area contributed by atoms with Gasteiger partial charge in [0.2, 0.25) is 0 Å². The van der Waals surface area contributed by atoms with Crippen LogP contribution in [0.4, 0.5) is 3.89 Å². The van der Waals surface area contributed by atoms with E-state index in [2.05, 4.69) is 25.3 Å². The van der Waals surface area contributed by atoms with Crippen LogP contribution >= 0.6 is 12.1 Å². The molecule has 2 unspecified atom stereocenters. The van der Waals surface area contributed by atoms with E-state index >= 15 is 0 Å². The molecular formula is C20H29FN2O2S. The molecule has 1 saturated carbocycles. The van der Waals surface area contributed by atoms with E-state index in [1.807, 2.05) is 7.05 Å². The van der Waals surface area contributed by atoms with Crippen LogP contribution in [0.2, 0.25) is 0 Å². The molecule has 1 amide bonds. The van der Waals surface area contributed by atoms with Gasteiger partial charge in [-0.15, -0.1) is 0 Å².